The maximum absolute atomic E-state index is 13.0. The van der Waals surface area contributed by atoms with Crippen LogP contribution in [0.25, 0.3) is 0 Å². The third-order valence-corrected chi connectivity index (χ3v) is 2.52. The number of carbonyl (C=O) groups is 1. The molecule has 0 aliphatic carbocycles. The molecule has 0 saturated carbocycles. The Kier molecular flexibility index (Phi) is 3.72. The van der Waals surface area contributed by atoms with Crippen LogP contribution in [0.2, 0.25) is 0 Å². The van der Waals surface area contributed by atoms with E-state index in [1.807, 2.05) is 13.0 Å². The van der Waals surface area contributed by atoms with Crippen LogP contribution >= 0.6 is 0 Å². The van der Waals surface area contributed by atoms with E-state index in [2.05, 4.69) is 11.8 Å². The van der Waals surface area contributed by atoms with Crippen LogP contribution in [0.1, 0.15) is 21.5 Å². The minimum Gasteiger partial charge on any atom is -0.279 e. The van der Waals surface area contributed by atoms with Crippen molar-refractivity contribution in [2.75, 3.05) is 0 Å². The Morgan fingerprint density at radius 1 is 1.05 bits per heavy atom. The van der Waals surface area contributed by atoms with Gasteiger partial charge in [0.05, 0.1) is 0 Å². The lowest BCUT2D eigenvalue weighted by atomic mass is 10.1. The highest BCUT2D eigenvalue weighted by Gasteiger charge is 2.03. The molecular weight excluding hydrogens is 246 g/mol. The van der Waals surface area contributed by atoms with Gasteiger partial charge in [-0.1, -0.05) is 29.7 Å². The van der Waals surface area contributed by atoms with Crippen LogP contribution < -0.4 is 0 Å². The lowest BCUT2D eigenvalue weighted by Crippen LogP contribution is -1.95. The molecule has 3 heteroatoms. The predicted molar refractivity (Wildman–Crippen MR) is 68.7 cm³/mol. The third kappa shape index (κ3) is 3.26. The van der Waals surface area contributed by atoms with E-state index in [-0.39, 0.29) is 11.3 Å². The maximum atomic E-state index is 13.0. The SMILES string of the molecule is Cc1cccc(C(=O)C#Cc2ccc(F)c(F)c2)c1. The summed E-state index contributed by atoms with van der Waals surface area (Å²) in [5, 5.41) is 0. The molecule has 0 aromatic heterocycles. The van der Waals surface area contributed by atoms with Crippen molar-refractivity contribution in [1.82, 2.24) is 0 Å². The van der Waals surface area contributed by atoms with Crippen molar-refractivity contribution in [1.29, 1.82) is 0 Å². The Morgan fingerprint density at radius 3 is 2.53 bits per heavy atom. The van der Waals surface area contributed by atoms with Crippen LogP contribution in [0.5, 0.6) is 0 Å². The summed E-state index contributed by atoms with van der Waals surface area (Å²) in [6, 6.07) is 10.3. The number of aryl methyl sites for hydroxylation is 1. The Labute approximate surface area is 109 Å². The molecule has 0 saturated heterocycles. The summed E-state index contributed by atoms with van der Waals surface area (Å²) >= 11 is 0. The van der Waals surface area contributed by atoms with Crippen molar-refractivity contribution >= 4 is 5.78 Å². The van der Waals surface area contributed by atoms with Crippen LogP contribution in [0.15, 0.2) is 42.5 Å². The zero-order valence-electron chi connectivity index (χ0n) is 10.2. The first-order valence-corrected chi connectivity index (χ1v) is 5.64. The van der Waals surface area contributed by atoms with Crippen LogP contribution in [0.3, 0.4) is 0 Å². The minimum atomic E-state index is -0.977. The molecule has 0 fully saturated rings. The first-order chi connectivity index (χ1) is 9.06. The molecular formula is C16H10F2O. The average molecular weight is 256 g/mol. The van der Waals surface area contributed by atoms with E-state index in [9.17, 15) is 13.6 Å². The molecule has 0 N–H and O–H groups in total. The predicted octanol–water partition coefficient (Wildman–Crippen LogP) is 3.51. The molecule has 0 radical (unpaired) electrons. The molecule has 19 heavy (non-hydrogen) atoms. The smallest absolute Gasteiger partial charge is 0.236 e. The third-order valence-electron chi connectivity index (χ3n) is 2.52. The van der Waals surface area contributed by atoms with E-state index < -0.39 is 11.6 Å². The summed E-state index contributed by atoms with van der Waals surface area (Å²) in [7, 11) is 0. The first kappa shape index (κ1) is 13.0. The fraction of sp³-hybridized carbons (Fsp3) is 0.0625. The summed E-state index contributed by atoms with van der Waals surface area (Å²) in [5.41, 5.74) is 1.70. The highest BCUT2D eigenvalue weighted by Crippen LogP contribution is 2.08. The Balaban J connectivity index is 2.24. The molecule has 1 nitrogen and oxygen atoms in total. The van der Waals surface area contributed by atoms with E-state index in [0.29, 0.717) is 5.56 Å². The molecule has 0 unspecified atom stereocenters. The number of rotatable bonds is 1. The summed E-state index contributed by atoms with van der Waals surface area (Å²) < 4.78 is 25.7. The molecule has 0 spiro atoms. The highest BCUT2D eigenvalue weighted by atomic mass is 19.2. The molecule has 0 heterocycles. The van der Waals surface area contributed by atoms with Crippen molar-refractivity contribution in [3.05, 3.63) is 70.8 Å². The van der Waals surface area contributed by atoms with Gasteiger partial charge in [0.2, 0.25) is 5.78 Å². The van der Waals surface area contributed by atoms with Gasteiger partial charge in [-0.15, -0.1) is 0 Å². The van der Waals surface area contributed by atoms with Gasteiger partial charge in [-0.3, -0.25) is 4.79 Å². The number of hydrogen-bond donors (Lipinski definition) is 0. The van der Waals surface area contributed by atoms with E-state index in [4.69, 9.17) is 0 Å². The molecule has 0 atom stereocenters. The molecule has 0 amide bonds. The minimum absolute atomic E-state index is 0.264. The summed E-state index contributed by atoms with van der Waals surface area (Å²) in [6.45, 7) is 1.87. The number of benzene rings is 2. The quantitative estimate of drug-likeness (QED) is 0.563. The standard InChI is InChI=1S/C16H10F2O/c1-11-3-2-4-13(9-11)16(19)8-6-12-5-7-14(17)15(18)10-12/h2-5,7,9-10H,1H3. The van der Waals surface area contributed by atoms with Crippen LogP contribution in [0.4, 0.5) is 8.78 Å². The first-order valence-electron chi connectivity index (χ1n) is 5.64. The van der Waals surface area contributed by atoms with Gasteiger partial charge in [-0.25, -0.2) is 8.78 Å². The Hall–Kier alpha value is -2.47. The van der Waals surface area contributed by atoms with Crippen molar-refractivity contribution in [2.24, 2.45) is 0 Å². The maximum Gasteiger partial charge on any atom is 0.236 e. The van der Waals surface area contributed by atoms with E-state index >= 15 is 0 Å². The van der Waals surface area contributed by atoms with Crippen molar-refractivity contribution in [2.45, 2.75) is 6.92 Å². The summed E-state index contributed by atoms with van der Waals surface area (Å²) in [5.74, 6) is 2.67. The summed E-state index contributed by atoms with van der Waals surface area (Å²) in [4.78, 5) is 11.8. The highest BCUT2D eigenvalue weighted by molar-refractivity contribution is 6.09. The lowest BCUT2D eigenvalue weighted by molar-refractivity contribution is 0.105. The number of carbonyl (C=O) groups excluding carboxylic acids is 1. The second-order valence-corrected chi connectivity index (χ2v) is 4.08. The van der Waals surface area contributed by atoms with Gasteiger partial charge in [-0.2, -0.15) is 0 Å². The van der Waals surface area contributed by atoms with Crippen molar-refractivity contribution in [3.63, 3.8) is 0 Å². The van der Waals surface area contributed by atoms with E-state index in [1.54, 1.807) is 18.2 Å². The molecule has 0 aliphatic heterocycles. The van der Waals surface area contributed by atoms with Gasteiger partial charge in [0, 0.05) is 11.1 Å². The van der Waals surface area contributed by atoms with Crippen molar-refractivity contribution in [3.8, 4) is 11.8 Å². The van der Waals surface area contributed by atoms with Crippen molar-refractivity contribution < 1.29 is 13.6 Å². The van der Waals surface area contributed by atoms with Gasteiger partial charge < -0.3 is 0 Å². The molecule has 2 aromatic rings. The number of ketones is 1. The number of Topliss-reactive ketones (excluding diaryl/α,β-unsaturated/α-hetero) is 1. The Morgan fingerprint density at radius 2 is 1.84 bits per heavy atom. The summed E-state index contributed by atoms with van der Waals surface area (Å²) in [6.07, 6.45) is 0. The topological polar surface area (TPSA) is 17.1 Å². The van der Waals surface area contributed by atoms with E-state index in [0.717, 1.165) is 17.7 Å². The second-order valence-electron chi connectivity index (χ2n) is 4.08. The normalized spacial score (nSPS) is 9.63. The van der Waals surface area contributed by atoms with Gasteiger partial charge in [0.1, 0.15) is 0 Å². The van der Waals surface area contributed by atoms with E-state index in [1.165, 1.54) is 6.07 Å². The largest absolute Gasteiger partial charge is 0.279 e. The second kappa shape index (κ2) is 5.45. The average Bonchev–Trinajstić information content (AvgIpc) is 2.40. The molecule has 94 valence electrons. The fourth-order valence-electron chi connectivity index (χ4n) is 1.56. The van der Waals surface area contributed by atoms with Gasteiger partial charge in [0.25, 0.3) is 0 Å². The fourth-order valence-corrected chi connectivity index (χ4v) is 1.56. The zero-order chi connectivity index (χ0) is 13.8. The Bertz CT molecular complexity index is 693. The number of halogens is 2. The molecule has 2 aromatic carbocycles. The monoisotopic (exact) mass is 256 g/mol. The van der Waals surface area contributed by atoms with Crippen LogP contribution in [0, 0.1) is 30.4 Å². The molecule has 0 bridgehead atoms. The molecule has 0 aliphatic rings. The molecule has 2 rings (SSSR count). The van der Waals surface area contributed by atoms with Gasteiger partial charge in [-0.05, 0) is 37.1 Å². The van der Waals surface area contributed by atoms with Gasteiger partial charge in [0.15, 0.2) is 11.6 Å². The lowest BCUT2D eigenvalue weighted by Gasteiger charge is -1.95. The van der Waals surface area contributed by atoms with Gasteiger partial charge >= 0.3 is 0 Å². The van der Waals surface area contributed by atoms with Crippen LogP contribution in [-0.4, -0.2) is 5.78 Å². The number of hydrogen-bond acceptors (Lipinski definition) is 1. The zero-order valence-corrected chi connectivity index (χ0v) is 10.2. The van der Waals surface area contributed by atoms with Crippen LogP contribution in [-0.2, 0) is 0 Å².